The average molecular weight is 272 g/mol. The SMILES string of the molecule is CCOc1cncc(N2CC(C)OC(CCl)C2)n1. The Hall–Kier alpha value is -1.07. The van der Waals surface area contributed by atoms with Crippen molar-refractivity contribution >= 4 is 17.4 Å². The van der Waals surface area contributed by atoms with Gasteiger partial charge in [0, 0.05) is 13.1 Å². The lowest BCUT2D eigenvalue weighted by Crippen LogP contribution is -2.47. The largest absolute Gasteiger partial charge is 0.477 e. The number of aromatic nitrogens is 2. The minimum absolute atomic E-state index is 0.0352. The first-order valence-electron chi connectivity index (χ1n) is 6.14. The van der Waals surface area contributed by atoms with Gasteiger partial charge in [0.25, 0.3) is 0 Å². The van der Waals surface area contributed by atoms with Crippen molar-refractivity contribution in [2.75, 3.05) is 30.5 Å². The van der Waals surface area contributed by atoms with Crippen LogP contribution in [0.3, 0.4) is 0 Å². The van der Waals surface area contributed by atoms with Gasteiger partial charge in [-0.3, -0.25) is 4.98 Å². The molecule has 2 rings (SSSR count). The first-order valence-corrected chi connectivity index (χ1v) is 6.67. The lowest BCUT2D eigenvalue weighted by Gasteiger charge is -2.36. The van der Waals surface area contributed by atoms with Crippen LogP contribution in [-0.4, -0.2) is 47.8 Å². The Labute approximate surface area is 112 Å². The Morgan fingerprint density at radius 3 is 3.06 bits per heavy atom. The maximum Gasteiger partial charge on any atom is 0.234 e. The fourth-order valence-corrected chi connectivity index (χ4v) is 2.20. The molecule has 0 amide bonds. The fraction of sp³-hybridized carbons (Fsp3) is 0.667. The van der Waals surface area contributed by atoms with Crippen molar-refractivity contribution < 1.29 is 9.47 Å². The van der Waals surface area contributed by atoms with Crippen molar-refractivity contribution in [3.63, 3.8) is 0 Å². The summed E-state index contributed by atoms with van der Waals surface area (Å²) < 4.78 is 11.1. The predicted molar refractivity (Wildman–Crippen MR) is 70.5 cm³/mol. The van der Waals surface area contributed by atoms with E-state index in [1.165, 1.54) is 0 Å². The van der Waals surface area contributed by atoms with Gasteiger partial charge < -0.3 is 14.4 Å². The van der Waals surface area contributed by atoms with E-state index < -0.39 is 0 Å². The maximum absolute atomic E-state index is 5.87. The summed E-state index contributed by atoms with van der Waals surface area (Å²) in [6.07, 6.45) is 3.54. The van der Waals surface area contributed by atoms with Gasteiger partial charge in [0.15, 0.2) is 5.82 Å². The highest BCUT2D eigenvalue weighted by atomic mass is 35.5. The number of halogens is 1. The van der Waals surface area contributed by atoms with Crippen molar-refractivity contribution in [3.05, 3.63) is 12.4 Å². The van der Waals surface area contributed by atoms with Crippen LogP contribution in [0.2, 0.25) is 0 Å². The summed E-state index contributed by atoms with van der Waals surface area (Å²) in [5.74, 6) is 1.85. The number of rotatable bonds is 4. The number of ether oxygens (including phenoxy) is 2. The minimum Gasteiger partial charge on any atom is -0.477 e. The van der Waals surface area contributed by atoms with Crippen LogP contribution in [0.4, 0.5) is 5.82 Å². The van der Waals surface area contributed by atoms with Gasteiger partial charge in [0.05, 0.1) is 37.1 Å². The van der Waals surface area contributed by atoms with Crippen molar-refractivity contribution in [1.29, 1.82) is 0 Å². The molecule has 0 aromatic carbocycles. The van der Waals surface area contributed by atoms with E-state index in [1.54, 1.807) is 12.4 Å². The Morgan fingerprint density at radius 1 is 1.50 bits per heavy atom. The van der Waals surface area contributed by atoms with Gasteiger partial charge in [-0.15, -0.1) is 11.6 Å². The smallest absolute Gasteiger partial charge is 0.234 e. The molecule has 0 radical (unpaired) electrons. The van der Waals surface area contributed by atoms with Gasteiger partial charge in [-0.05, 0) is 13.8 Å². The van der Waals surface area contributed by atoms with Gasteiger partial charge >= 0.3 is 0 Å². The molecule has 0 aliphatic carbocycles. The highest BCUT2D eigenvalue weighted by Crippen LogP contribution is 2.20. The number of alkyl halides is 1. The molecule has 1 aromatic rings. The summed E-state index contributed by atoms with van der Waals surface area (Å²) >= 11 is 5.87. The highest BCUT2D eigenvalue weighted by Gasteiger charge is 2.25. The zero-order valence-electron chi connectivity index (χ0n) is 10.7. The number of nitrogens with zero attached hydrogens (tertiary/aromatic N) is 3. The van der Waals surface area contributed by atoms with Crippen LogP contribution < -0.4 is 9.64 Å². The molecule has 0 N–H and O–H groups in total. The number of hydrogen-bond donors (Lipinski definition) is 0. The van der Waals surface area contributed by atoms with Gasteiger partial charge in [-0.25, -0.2) is 0 Å². The van der Waals surface area contributed by atoms with E-state index in [9.17, 15) is 0 Å². The lowest BCUT2D eigenvalue weighted by molar-refractivity contribution is -0.00362. The summed E-state index contributed by atoms with van der Waals surface area (Å²) in [7, 11) is 0. The zero-order chi connectivity index (χ0) is 13.0. The van der Waals surface area contributed by atoms with Gasteiger partial charge in [0.2, 0.25) is 5.88 Å². The molecule has 1 aliphatic rings. The first kappa shape index (κ1) is 13.4. The third-order valence-corrected chi connectivity index (χ3v) is 3.06. The number of hydrogen-bond acceptors (Lipinski definition) is 5. The van der Waals surface area contributed by atoms with Crippen LogP contribution in [0.5, 0.6) is 5.88 Å². The van der Waals surface area contributed by atoms with E-state index >= 15 is 0 Å². The summed E-state index contributed by atoms with van der Waals surface area (Å²) in [6, 6.07) is 0. The molecular formula is C12H18ClN3O2. The molecule has 2 heterocycles. The average Bonchev–Trinajstić information content (AvgIpc) is 2.39. The number of morpholine rings is 1. The molecule has 18 heavy (non-hydrogen) atoms. The van der Waals surface area contributed by atoms with Crippen LogP contribution in [0, 0.1) is 0 Å². The third kappa shape index (κ3) is 3.23. The van der Waals surface area contributed by atoms with Crippen LogP contribution in [0.1, 0.15) is 13.8 Å². The topological polar surface area (TPSA) is 47.5 Å². The molecule has 5 nitrogen and oxygen atoms in total. The molecule has 0 bridgehead atoms. The van der Waals surface area contributed by atoms with E-state index in [4.69, 9.17) is 21.1 Å². The molecule has 1 fully saturated rings. The Balaban J connectivity index is 2.11. The Bertz CT molecular complexity index is 391. The van der Waals surface area contributed by atoms with Crippen molar-refractivity contribution in [2.24, 2.45) is 0 Å². The summed E-state index contributed by atoms with van der Waals surface area (Å²) in [4.78, 5) is 10.7. The molecule has 1 aromatic heterocycles. The Kier molecular flexibility index (Phi) is 4.60. The fourth-order valence-electron chi connectivity index (χ4n) is 2.03. The molecule has 2 unspecified atom stereocenters. The second-order valence-corrected chi connectivity index (χ2v) is 4.59. The summed E-state index contributed by atoms with van der Waals surface area (Å²) in [5.41, 5.74) is 0. The molecule has 2 atom stereocenters. The van der Waals surface area contributed by atoms with Crippen molar-refractivity contribution in [3.8, 4) is 5.88 Å². The zero-order valence-corrected chi connectivity index (χ0v) is 11.4. The van der Waals surface area contributed by atoms with E-state index in [-0.39, 0.29) is 12.2 Å². The molecule has 1 saturated heterocycles. The Morgan fingerprint density at radius 2 is 2.33 bits per heavy atom. The maximum atomic E-state index is 5.87. The van der Waals surface area contributed by atoms with Crippen LogP contribution in [-0.2, 0) is 4.74 Å². The summed E-state index contributed by atoms with van der Waals surface area (Å²) in [6.45, 7) is 6.07. The second kappa shape index (κ2) is 6.20. The van der Waals surface area contributed by atoms with Gasteiger partial charge in [0.1, 0.15) is 0 Å². The molecule has 100 valence electrons. The molecular weight excluding hydrogens is 254 g/mol. The minimum atomic E-state index is 0.0352. The van der Waals surface area contributed by atoms with Crippen LogP contribution in [0.15, 0.2) is 12.4 Å². The molecule has 0 saturated carbocycles. The lowest BCUT2D eigenvalue weighted by atomic mass is 10.2. The monoisotopic (exact) mass is 271 g/mol. The normalized spacial score (nSPS) is 24.1. The van der Waals surface area contributed by atoms with E-state index in [2.05, 4.69) is 14.9 Å². The first-order chi connectivity index (χ1) is 8.72. The molecule has 0 spiro atoms. The standard InChI is InChI=1S/C12H18ClN3O2/c1-3-17-12-6-14-5-11(15-12)16-7-9(2)18-10(4-13)8-16/h5-6,9-10H,3-4,7-8H2,1-2H3. The quantitative estimate of drug-likeness (QED) is 0.780. The number of anilines is 1. The van der Waals surface area contributed by atoms with Crippen LogP contribution in [0.25, 0.3) is 0 Å². The van der Waals surface area contributed by atoms with Crippen LogP contribution >= 0.6 is 11.6 Å². The molecule has 1 aliphatic heterocycles. The van der Waals surface area contributed by atoms with Gasteiger partial charge in [-0.1, -0.05) is 0 Å². The molecule has 6 heteroatoms. The van der Waals surface area contributed by atoms with Crippen molar-refractivity contribution in [2.45, 2.75) is 26.1 Å². The van der Waals surface area contributed by atoms with E-state index in [0.717, 1.165) is 18.9 Å². The highest BCUT2D eigenvalue weighted by molar-refractivity contribution is 6.18. The van der Waals surface area contributed by atoms with E-state index in [1.807, 2.05) is 13.8 Å². The van der Waals surface area contributed by atoms with E-state index in [0.29, 0.717) is 18.4 Å². The second-order valence-electron chi connectivity index (χ2n) is 4.28. The predicted octanol–water partition coefficient (Wildman–Crippen LogP) is 1.71. The third-order valence-electron chi connectivity index (χ3n) is 2.71. The van der Waals surface area contributed by atoms with Crippen molar-refractivity contribution in [1.82, 2.24) is 9.97 Å². The van der Waals surface area contributed by atoms with Gasteiger partial charge in [-0.2, -0.15) is 4.98 Å². The summed E-state index contributed by atoms with van der Waals surface area (Å²) in [5, 5.41) is 0.